The molecular formula is C16H19BrN2O2. The van der Waals surface area contributed by atoms with Crippen molar-refractivity contribution < 1.29 is 9.21 Å². The van der Waals surface area contributed by atoms with Gasteiger partial charge in [-0.3, -0.25) is 4.79 Å². The van der Waals surface area contributed by atoms with Gasteiger partial charge in [-0.25, -0.2) is 0 Å². The summed E-state index contributed by atoms with van der Waals surface area (Å²) in [5, 5.41) is 7.40. The molecule has 2 aromatic rings. The Morgan fingerprint density at radius 3 is 2.86 bits per heavy atom. The van der Waals surface area contributed by atoms with E-state index in [1.54, 1.807) is 6.07 Å². The first-order chi connectivity index (χ1) is 9.87. The normalized spacial score (nSPS) is 20.9. The molecule has 0 aliphatic carbocycles. The van der Waals surface area contributed by atoms with Crippen LogP contribution in [0.2, 0.25) is 0 Å². The van der Waals surface area contributed by atoms with Gasteiger partial charge in [0.25, 0.3) is 5.91 Å². The van der Waals surface area contributed by atoms with E-state index in [1.165, 1.54) is 0 Å². The number of fused-ring (bicyclic) bond motifs is 1. The molecule has 0 saturated carbocycles. The smallest absolute Gasteiger partial charge is 0.287 e. The molecule has 1 atom stereocenters. The fourth-order valence-corrected chi connectivity index (χ4v) is 3.54. The fraction of sp³-hybridized carbons (Fsp3) is 0.438. The van der Waals surface area contributed by atoms with Crippen LogP contribution in [0.4, 0.5) is 0 Å². The van der Waals surface area contributed by atoms with Gasteiger partial charge in [0.2, 0.25) is 0 Å². The lowest BCUT2D eigenvalue weighted by molar-refractivity contribution is 0.0898. The van der Waals surface area contributed by atoms with Crippen LogP contribution >= 0.6 is 15.9 Å². The number of halogens is 1. The number of rotatable bonds is 2. The Hall–Kier alpha value is -1.33. The number of carbonyl (C=O) groups excluding carboxylic acids is 1. The monoisotopic (exact) mass is 350 g/mol. The number of benzene rings is 1. The van der Waals surface area contributed by atoms with Crippen LogP contribution in [-0.4, -0.2) is 24.0 Å². The van der Waals surface area contributed by atoms with Crippen LogP contribution in [0, 0.1) is 6.92 Å². The molecule has 1 aliphatic rings. The molecule has 1 aromatic carbocycles. The molecule has 1 unspecified atom stereocenters. The van der Waals surface area contributed by atoms with Crippen molar-refractivity contribution in [1.82, 2.24) is 10.6 Å². The highest BCUT2D eigenvalue weighted by Crippen LogP contribution is 2.29. The lowest BCUT2D eigenvalue weighted by Crippen LogP contribution is -2.50. The van der Waals surface area contributed by atoms with Crippen molar-refractivity contribution in [2.24, 2.45) is 0 Å². The minimum Gasteiger partial charge on any atom is -0.450 e. The molecule has 21 heavy (non-hydrogen) atoms. The maximum Gasteiger partial charge on any atom is 0.287 e. The van der Waals surface area contributed by atoms with Crippen LogP contribution in [0.15, 0.2) is 27.1 Å². The van der Waals surface area contributed by atoms with E-state index in [0.29, 0.717) is 5.76 Å². The van der Waals surface area contributed by atoms with Gasteiger partial charge >= 0.3 is 0 Å². The molecule has 112 valence electrons. The van der Waals surface area contributed by atoms with Gasteiger partial charge in [0.1, 0.15) is 5.58 Å². The van der Waals surface area contributed by atoms with Gasteiger partial charge in [-0.05, 0) is 73.4 Å². The quantitative estimate of drug-likeness (QED) is 0.872. The van der Waals surface area contributed by atoms with E-state index in [0.717, 1.165) is 34.0 Å². The Bertz CT molecular complexity index is 706. The molecule has 5 heteroatoms. The summed E-state index contributed by atoms with van der Waals surface area (Å²) in [5.41, 5.74) is 1.76. The number of nitrogens with one attached hydrogen (secondary N) is 2. The molecule has 0 spiro atoms. The lowest BCUT2D eigenvalue weighted by Gasteiger charge is -2.27. The van der Waals surface area contributed by atoms with Crippen molar-refractivity contribution in [2.45, 2.75) is 38.8 Å². The SMILES string of the molecule is Cc1cc(Br)c2oc(C(=O)NC3CCNC3(C)C)cc2c1. The zero-order valence-corrected chi connectivity index (χ0v) is 14.0. The van der Waals surface area contributed by atoms with Gasteiger partial charge in [0.15, 0.2) is 5.76 Å². The molecule has 2 N–H and O–H groups in total. The summed E-state index contributed by atoms with van der Waals surface area (Å²) in [5.74, 6) is 0.205. The van der Waals surface area contributed by atoms with Crippen molar-refractivity contribution in [1.29, 1.82) is 0 Å². The van der Waals surface area contributed by atoms with Crippen molar-refractivity contribution in [3.8, 4) is 0 Å². The van der Waals surface area contributed by atoms with E-state index in [1.807, 2.05) is 19.1 Å². The van der Waals surface area contributed by atoms with Gasteiger partial charge in [-0.1, -0.05) is 0 Å². The number of hydrogen-bond donors (Lipinski definition) is 2. The van der Waals surface area contributed by atoms with E-state index in [9.17, 15) is 4.79 Å². The maximum absolute atomic E-state index is 12.4. The Morgan fingerprint density at radius 1 is 1.43 bits per heavy atom. The minimum absolute atomic E-state index is 0.0845. The molecule has 3 rings (SSSR count). The molecule has 1 saturated heterocycles. The summed E-state index contributed by atoms with van der Waals surface area (Å²) in [4.78, 5) is 12.4. The van der Waals surface area contributed by atoms with Crippen LogP contribution in [0.25, 0.3) is 11.0 Å². The van der Waals surface area contributed by atoms with Crippen molar-refractivity contribution in [3.05, 3.63) is 34.0 Å². The van der Waals surface area contributed by atoms with Gasteiger partial charge in [0.05, 0.1) is 4.47 Å². The zero-order valence-electron chi connectivity index (χ0n) is 12.4. The lowest BCUT2D eigenvalue weighted by atomic mass is 9.97. The average molecular weight is 351 g/mol. The fourth-order valence-electron chi connectivity index (χ4n) is 2.87. The summed E-state index contributed by atoms with van der Waals surface area (Å²) < 4.78 is 6.59. The molecule has 1 amide bonds. The van der Waals surface area contributed by atoms with E-state index < -0.39 is 0 Å². The number of carbonyl (C=O) groups is 1. The minimum atomic E-state index is -0.155. The second-order valence-corrected chi connectivity index (χ2v) is 7.09. The predicted molar refractivity (Wildman–Crippen MR) is 86.6 cm³/mol. The zero-order chi connectivity index (χ0) is 15.2. The molecule has 4 nitrogen and oxygen atoms in total. The van der Waals surface area contributed by atoms with Gasteiger partial charge < -0.3 is 15.1 Å². The number of aryl methyl sites for hydroxylation is 1. The summed E-state index contributed by atoms with van der Waals surface area (Å²) in [7, 11) is 0. The van der Waals surface area contributed by atoms with Crippen LogP contribution in [0.1, 0.15) is 36.4 Å². The second-order valence-electron chi connectivity index (χ2n) is 6.24. The van der Waals surface area contributed by atoms with Crippen molar-refractivity contribution in [3.63, 3.8) is 0 Å². The summed E-state index contributed by atoms with van der Waals surface area (Å²) in [6, 6.07) is 5.92. The van der Waals surface area contributed by atoms with E-state index >= 15 is 0 Å². The van der Waals surface area contributed by atoms with Crippen LogP contribution in [-0.2, 0) is 0 Å². The van der Waals surface area contributed by atoms with E-state index in [4.69, 9.17) is 4.42 Å². The standard InChI is InChI=1S/C16H19BrN2O2/c1-9-6-10-8-12(21-14(10)11(17)7-9)15(20)19-13-4-5-18-16(13,2)3/h6-8,13,18H,4-5H2,1-3H3,(H,19,20). The van der Waals surface area contributed by atoms with E-state index in [-0.39, 0.29) is 17.5 Å². The third kappa shape index (κ3) is 2.72. The second kappa shape index (κ2) is 5.14. The van der Waals surface area contributed by atoms with E-state index in [2.05, 4.69) is 40.4 Å². The number of hydrogen-bond acceptors (Lipinski definition) is 3. The third-order valence-corrected chi connectivity index (χ3v) is 4.72. The highest BCUT2D eigenvalue weighted by Gasteiger charge is 2.35. The average Bonchev–Trinajstić information content (AvgIpc) is 2.93. The van der Waals surface area contributed by atoms with Crippen LogP contribution < -0.4 is 10.6 Å². The Kier molecular flexibility index (Phi) is 3.58. The summed E-state index contributed by atoms with van der Waals surface area (Å²) in [6.07, 6.45) is 0.932. The molecule has 1 aromatic heterocycles. The third-order valence-electron chi connectivity index (χ3n) is 4.13. The number of amides is 1. The Labute approximate surface area is 132 Å². The molecular weight excluding hydrogens is 332 g/mol. The number of furan rings is 1. The highest BCUT2D eigenvalue weighted by molar-refractivity contribution is 9.10. The van der Waals surface area contributed by atoms with Gasteiger partial charge in [-0.2, -0.15) is 0 Å². The van der Waals surface area contributed by atoms with Crippen molar-refractivity contribution >= 4 is 32.8 Å². The topological polar surface area (TPSA) is 54.3 Å². The molecule has 0 bridgehead atoms. The van der Waals surface area contributed by atoms with Gasteiger partial charge in [-0.15, -0.1) is 0 Å². The van der Waals surface area contributed by atoms with Crippen LogP contribution in [0.5, 0.6) is 0 Å². The molecule has 0 radical (unpaired) electrons. The Balaban J connectivity index is 1.87. The highest BCUT2D eigenvalue weighted by atomic mass is 79.9. The first kappa shape index (κ1) is 14.6. The molecule has 2 heterocycles. The first-order valence-electron chi connectivity index (χ1n) is 7.12. The first-order valence-corrected chi connectivity index (χ1v) is 7.92. The summed E-state index contributed by atoms with van der Waals surface area (Å²) in [6.45, 7) is 7.14. The Morgan fingerprint density at radius 2 is 2.19 bits per heavy atom. The summed E-state index contributed by atoms with van der Waals surface area (Å²) >= 11 is 3.48. The molecule has 1 aliphatic heterocycles. The molecule has 1 fully saturated rings. The van der Waals surface area contributed by atoms with Crippen LogP contribution in [0.3, 0.4) is 0 Å². The largest absolute Gasteiger partial charge is 0.450 e. The van der Waals surface area contributed by atoms with Gasteiger partial charge in [0, 0.05) is 17.0 Å². The predicted octanol–water partition coefficient (Wildman–Crippen LogP) is 3.37. The maximum atomic E-state index is 12.4. The van der Waals surface area contributed by atoms with Crippen molar-refractivity contribution in [2.75, 3.05) is 6.54 Å².